The number of carbonyl (C=O) groups is 15. The predicted molar refractivity (Wildman–Crippen MR) is 522 cm³/mol. The van der Waals surface area contributed by atoms with Crippen LogP contribution in [0.1, 0.15) is 259 Å². The molecule has 0 bridgehead atoms. The van der Waals surface area contributed by atoms with Crippen molar-refractivity contribution in [3.63, 3.8) is 0 Å². The zero-order valence-corrected chi connectivity index (χ0v) is 87.0. The van der Waals surface area contributed by atoms with Gasteiger partial charge in [-0.2, -0.15) is 0 Å². The minimum Gasteiger partial charge on any atom is -0.535 e. The normalized spacial score (nSPS) is 16.4. The number of Topliss-reactive ketones (excluding diaryl/α,β-unsaturated/α-hetero) is 6. The Hall–Kier alpha value is -11.7. The van der Waals surface area contributed by atoms with Gasteiger partial charge in [0, 0.05) is 73.4 Å². The van der Waals surface area contributed by atoms with E-state index in [0.29, 0.717) is 28.7 Å². The van der Waals surface area contributed by atoms with E-state index in [0.717, 1.165) is 24.3 Å². The number of rotatable bonds is 27. The summed E-state index contributed by atoms with van der Waals surface area (Å²) in [6.07, 6.45) is 1.67. The predicted octanol–water partition coefficient (Wildman–Crippen LogP) is 14.8. The van der Waals surface area contributed by atoms with Crippen LogP contribution in [0.25, 0.3) is 0 Å². The van der Waals surface area contributed by atoms with E-state index in [4.69, 9.17) is 117 Å². The number of hydrogen-bond acceptors (Lipinski definition) is 36. The Morgan fingerprint density at radius 3 is 0.750 bits per heavy atom. The molecule has 148 heavy (non-hydrogen) atoms. The molecule has 798 valence electrons. The summed E-state index contributed by atoms with van der Waals surface area (Å²) >= 11 is 24.4. The maximum atomic E-state index is 14.3. The van der Waals surface area contributed by atoms with E-state index in [-0.39, 0.29) is 213 Å². The fraction of sp³-hybridized carbons (Fsp3) is 0.469. The van der Waals surface area contributed by atoms with Crippen molar-refractivity contribution >= 4 is 178 Å². The Balaban J connectivity index is 0.000000241. The van der Waals surface area contributed by atoms with Gasteiger partial charge in [0.2, 0.25) is 20.4 Å². The number of halogens is 10. The van der Waals surface area contributed by atoms with Gasteiger partial charge in [-0.3, -0.25) is 14.4 Å². The van der Waals surface area contributed by atoms with E-state index in [9.17, 15) is 128 Å². The zero-order chi connectivity index (χ0) is 111. The van der Waals surface area contributed by atoms with Crippen LogP contribution in [0.4, 0.5) is 26.3 Å². The van der Waals surface area contributed by atoms with Crippen molar-refractivity contribution in [3.8, 4) is 34.5 Å². The van der Waals surface area contributed by atoms with E-state index in [1.807, 2.05) is 0 Å². The fourth-order valence-electron chi connectivity index (χ4n) is 15.5. The quantitative estimate of drug-likeness (QED) is 0.00917. The van der Waals surface area contributed by atoms with Crippen LogP contribution in [0.5, 0.6) is 34.5 Å². The summed E-state index contributed by atoms with van der Waals surface area (Å²) in [4.78, 5) is 175. The fourth-order valence-corrected chi connectivity index (χ4v) is 16.3. The zero-order valence-electron chi connectivity index (χ0n) is 84.0. The SMILES string of the molecule is CC(=O)C[C@H]1Cc2cc(Cl)c(Cl)c(C(=O)OCOC(=O)C(C)(C)C)c2OB1O.CC(=O)C[C@H]1Cc2cc(F)c(F)c(C(=O)OCOC(=O)C(C)(C)C)c2OB1O.CC(=O)C[C@H]1Cc2cc(F)cc(C(=O)OCOC(=O)C(C)(C)C)c2OB1O.CCOC(=O)c1c(Cl)c(Cl)cc2c1OB(O)[C@@H](CC(C)=O)C2.CCOC(=O)c1c(F)c(F)cc2c1OB(O)[C@@H](CC(C)=O)C2.CCOC(=O)c1cc(F)cc2c1OB(O)[C@@H](CC(C)=O)C2. The number of ketones is 6. The molecular weight excluding hydrogens is 2050 g/mol. The van der Waals surface area contributed by atoms with Crippen LogP contribution in [-0.2, 0) is 124 Å². The first kappa shape index (κ1) is 123. The van der Waals surface area contributed by atoms with Crippen LogP contribution in [0.2, 0.25) is 55.0 Å². The third kappa shape index (κ3) is 33.9. The molecule has 6 aliphatic heterocycles. The second-order valence-electron chi connectivity index (χ2n) is 38.2. The van der Waals surface area contributed by atoms with Crippen molar-refractivity contribution in [2.75, 3.05) is 40.2 Å². The second-order valence-corrected chi connectivity index (χ2v) is 39.7. The number of ether oxygens (including phenoxy) is 9. The lowest BCUT2D eigenvalue weighted by atomic mass is 9.64. The molecule has 0 aromatic heterocycles. The smallest absolute Gasteiger partial charge is 0.526 e. The number of fused-ring (bicyclic) bond motifs is 6. The molecule has 52 heteroatoms. The van der Waals surface area contributed by atoms with Gasteiger partial charge in [-0.25, -0.2) is 55.1 Å². The number of esters is 9. The summed E-state index contributed by atoms with van der Waals surface area (Å²) in [5.74, 6) is -18.1. The average molecular weight is 2160 g/mol. The first-order valence-corrected chi connectivity index (χ1v) is 47.7. The molecular formula is C96H110B6Cl4F6O36. The first-order chi connectivity index (χ1) is 68.9. The highest BCUT2D eigenvalue weighted by atomic mass is 35.5. The van der Waals surface area contributed by atoms with Gasteiger partial charge in [-0.05, 0) is 245 Å². The Kier molecular flexibility index (Phi) is 45.0. The lowest BCUT2D eigenvalue weighted by molar-refractivity contribution is -0.162. The molecule has 6 aliphatic rings. The van der Waals surface area contributed by atoms with Gasteiger partial charge in [0.15, 0.2) is 23.3 Å². The standard InChI is InChI=1S/C18H21BCl2O7.C18H21BF2O7.C18H22BFO7.C14H15BCl2O5.C14H15BF2O5.C14H16BFO5/c2*1-9(22)5-11-6-10-7-12(20)14(21)13(15(10)28-19(11)25)16(23)26-8-27-17(24)18(2,3)4;1-10(21)5-12-6-11-7-13(20)8-14(15(11)27-19(12)24)16(22)25-9-26-17(23)18(2,3)4;2*1-3-21-14(19)11-12(17)10(16)6-8-5-9(4-7(2)18)15(20)22-13(8)11;1-3-20-14(18)12-7-11(16)6-9-5-10(4-8(2)17)15(19)21-13(9)12/h2*7,11,25H,5-6,8H2,1-4H3;7-8,12,24H,5-6,9H2,1-4H3;2*6,9,20H,3-5H2,1-2H3;6-7,10,19H,3-5H2,1-2H3/t2*11-;12-;2*9-;10-/m000000/s1. The molecule has 0 radical (unpaired) electrons. The van der Waals surface area contributed by atoms with Gasteiger partial charge < -0.3 is 129 Å². The van der Waals surface area contributed by atoms with Crippen LogP contribution >= 0.6 is 46.4 Å². The topological polar surface area (TPSA) is 516 Å². The summed E-state index contributed by atoms with van der Waals surface area (Å²) in [6, 6.07) is 9.24. The van der Waals surface area contributed by atoms with Gasteiger partial charge in [0.1, 0.15) is 114 Å². The van der Waals surface area contributed by atoms with Crippen LogP contribution in [0, 0.1) is 51.1 Å². The highest BCUT2D eigenvalue weighted by Crippen LogP contribution is 2.48. The van der Waals surface area contributed by atoms with Crippen molar-refractivity contribution in [3.05, 3.63) is 170 Å². The molecule has 0 unspecified atom stereocenters. The lowest BCUT2D eigenvalue weighted by Crippen LogP contribution is -2.36. The molecule has 0 fully saturated rings. The van der Waals surface area contributed by atoms with E-state index >= 15 is 0 Å². The minimum absolute atomic E-state index is 0.00384. The molecule has 6 atom stereocenters. The number of carbonyl (C=O) groups excluding carboxylic acids is 15. The summed E-state index contributed by atoms with van der Waals surface area (Å²) < 4.78 is 159. The van der Waals surface area contributed by atoms with E-state index < -0.39 is 214 Å². The Morgan fingerprint density at radius 2 is 0.500 bits per heavy atom. The molecule has 6 aromatic rings. The van der Waals surface area contributed by atoms with Crippen molar-refractivity contribution in [2.45, 2.75) is 237 Å². The summed E-state index contributed by atoms with van der Waals surface area (Å²) in [5, 5.41) is 60.5. The molecule has 6 N–H and O–H groups in total. The second kappa shape index (κ2) is 54.1. The maximum Gasteiger partial charge on any atom is 0.526 e. The third-order valence-electron chi connectivity index (χ3n) is 22.4. The number of benzene rings is 6. The molecule has 0 spiro atoms. The van der Waals surface area contributed by atoms with Gasteiger partial charge in [-0.15, -0.1) is 0 Å². The highest BCUT2D eigenvalue weighted by Gasteiger charge is 2.47. The lowest BCUT2D eigenvalue weighted by Gasteiger charge is -2.28. The van der Waals surface area contributed by atoms with Crippen molar-refractivity contribution in [1.82, 2.24) is 0 Å². The van der Waals surface area contributed by atoms with Gasteiger partial charge in [0.05, 0.1) is 56.2 Å². The van der Waals surface area contributed by atoms with Gasteiger partial charge in [-0.1, -0.05) is 46.4 Å². The Morgan fingerprint density at radius 1 is 0.297 bits per heavy atom. The summed E-state index contributed by atoms with van der Waals surface area (Å²) in [7, 11) is -7.86. The molecule has 0 amide bonds. The minimum atomic E-state index is -1.51. The average Bonchev–Trinajstić information content (AvgIpc) is 0.764. The third-order valence-corrected chi connectivity index (χ3v) is 23.9. The van der Waals surface area contributed by atoms with Crippen LogP contribution in [0.15, 0.2) is 48.5 Å². The Bertz CT molecular complexity index is 5780. The molecule has 0 aliphatic carbocycles. The molecule has 6 heterocycles. The molecule has 0 saturated carbocycles. The summed E-state index contributed by atoms with van der Waals surface area (Å²) in [5.41, 5.74) is -2.02. The molecule has 12 rings (SSSR count). The monoisotopic (exact) mass is 2160 g/mol. The van der Waals surface area contributed by atoms with Gasteiger partial charge >= 0.3 is 96.4 Å². The van der Waals surface area contributed by atoms with Crippen LogP contribution < -0.4 is 27.9 Å². The summed E-state index contributed by atoms with van der Waals surface area (Å²) in [6.45, 7) is 26.1. The van der Waals surface area contributed by atoms with Crippen molar-refractivity contribution in [1.29, 1.82) is 0 Å². The van der Waals surface area contributed by atoms with Crippen LogP contribution in [-0.4, -0.2) is 201 Å². The number of hydrogen-bond donors (Lipinski definition) is 6. The maximum absolute atomic E-state index is 14.3. The highest BCUT2D eigenvalue weighted by molar-refractivity contribution is 6.51. The molecule has 36 nitrogen and oxygen atoms in total. The van der Waals surface area contributed by atoms with Crippen molar-refractivity contribution < 1.29 is 199 Å². The molecule has 6 aromatic carbocycles. The van der Waals surface area contributed by atoms with E-state index in [1.54, 1.807) is 82.2 Å². The largest absolute Gasteiger partial charge is 0.535 e. The van der Waals surface area contributed by atoms with Crippen LogP contribution in [0.3, 0.4) is 0 Å². The Labute approximate surface area is 869 Å². The van der Waals surface area contributed by atoms with Gasteiger partial charge in [0.25, 0.3) is 0 Å². The van der Waals surface area contributed by atoms with E-state index in [2.05, 4.69) is 0 Å². The first-order valence-electron chi connectivity index (χ1n) is 46.2. The molecule has 0 saturated heterocycles. The van der Waals surface area contributed by atoms with Crippen molar-refractivity contribution in [2.24, 2.45) is 16.2 Å². The van der Waals surface area contributed by atoms with E-state index in [1.165, 1.54) is 66.7 Å².